The van der Waals surface area contributed by atoms with E-state index in [4.69, 9.17) is 5.11 Å². The first-order chi connectivity index (χ1) is 7.91. The fraction of sp³-hybridized carbons (Fsp3) is 0.364. The molecular weight excluding hydrogens is 224 g/mol. The first-order valence-electron chi connectivity index (χ1n) is 5.07. The molecular formula is C11H14N2O4. The normalized spacial score (nSPS) is 13.8. The van der Waals surface area contributed by atoms with Gasteiger partial charge in [-0.15, -0.1) is 0 Å². The molecule has 2 atom stereocenters. The average Bonchev–Trinajstić information content (AvgIpc) is 2.24. The molecule has 92 valence electrons. The second-order valence-corrected chi connectivity index (χ2v) is 3.69. The predicted octanol–water partition coefficient (Wildman–Crippen LogP) is -0.0462. The van der Waals surface area contributed by atoms with Gasteiger partial charge in [-0.2, -0.15) is 0 Å². The molecule has 1 rings (SSSR count). The highest BCUT2D eigenvalue weighted by molar-refractivity contribution is 5.95. The summed E-state index contributed by atoms with van der Waals surface area (Å²) in [7, 11) is 0. The molecule has 3 N–H and O–H groups in total. The summed E-state index contributed by atoms with van der Waals surface area (Å²) in [5.41, 5.74) is 0.776. The molecule has 0 aliphatic carbocycles. The SMILES string of the molecule is Cc1cccc(C(=O)NC(C(=O)O)C(C)O)n1. The molecule has 0 bridgehead atoms. The van der Waals surface area contributed by atoms with Crippen LogP contribution in [0.4, 0.5) is 0 Å². The van der Waals surface area contributed by atoms with Crippen molar-refractivity contribution in [3.8, 4) is 0 Å². The van der Waals surface area contributed by atoms with E-state index in [1.165, 1.54) is 13.0 Å². The van der Waals surface area contributed by atoms with E-state index in [-0.39, 0.29) is 5.69 Å². The lowest BCUT2D eigenvalue weighted by molar-refractivity contribution is -0.141. The Morgan fingerprint density at radius 1 is 1.41 bits per heavy atom. The number of amides is 1. The second kappa shape index (κ2) is 5.40. The van der Waals surface area contributed by atoms with Crippen LogP contribution in [0.2, 0.25) is 0 Å². The highest BCUT2D eigenvalue weighted by Gasteiger charge is 2.25. The van der Waals surface area contributed by atoms with Gasteiger partial charge in [0.15, 0.2) is 6.04 Å². The van der Waals surface area contributed by atoms with Crippen LogP contribution >= 0.6 is 0 Å². The smallest absolute Gasteiger partial charge is 0.328 e. The fourth-order valence-electron chi connectivity index (χ4n) is 1.27. The van der Waals surface area contributed by atoms with Crippen LogP contribution in [0, 0.1) is 6.92 Å². The average molecular weight is 238 g/mol. The van der Waals surface area contributed by atoms with Gasteiger partial charge in [-0.05, 0) is 26.0 Å². The molecule has 0 aliphatic heterocycles. The second-order valence-electron chi connectivity index (χ2n) is 3.69. The summed E-state index contributed by atoms with van der Waals surface area (Å²) in [4.78, 5) is 26.4. The summed E-state index contributed by atoms with van der Waals surface area (Å²) in [5.74, 6) is -1.91. The van der Waals surface area contributed by atoms with Gasteiger partial charge in [0.25, 0.3) is 5.91 Å². The van der Waals surface area contributed by atoms with E-state index in [0.717, 1.165) is 0 Å². The van der Waals surface area contributed by atoms with E-state index in [1.807, 2.05) is 0 Å². The Morgan fingerprint density at radius 2 is 2.06 bits per heavy atom. The Morgan fingerprint density at radius 3 is 2.53 bits per heavy atom. The molecule has 0 fully saturated rings. The third-order valence-corrected chi connectivity index (χ3v) is 2.16. The molecule has 0 spiro atoms. The maximum Gasteiger partial charge on any atom is 0.328 e. The highest BCUT2D eigenvalue weighted by Crippen LogP contribution is 2.00. The van der Waals surface area contributed by atoms with E-state index in [0.29, 0.717) is 5.69 Å². The van der Waals surface area contributed by atoms with Gasteiger partial charge in [-0.3, -0.25) is 4.79 Å². The molecule has 0 aliphatic rings. The fourth-order valence-corrected chi connectivity index (χ4v) is 1.27. The van der Waals surface area contributed by atoms with Crippen molar-refractivity contribution in [2.45, 2.75) is 26.0 Å². The van der Waals surface area contributed by atoms with Crippen molar-refractivity contribution < 1.29 is 19.8 Å². The summed E-state index contributed by atoms with van der Waals surface area (Å²) in [6, 6.07) is 3.50. The summed E-state index contributed by atoms with van der Waals surface area (Å²) >= 11 is 0. The zero-order valence-electron chi connectivity index (χ0n) is 9.54. The van der Waals surface area contributed by atoms with E-state index in [1.54, 1.807) is 19.1 Å². The van der Waals surface area contributed by atoms with Crippen LogP contribution in [0.25, 0.3) is 0 Å². The summed E-state index contributed by atoms with van der Waals surface area (Å²) in [6.45, 7) is 3.02. The quantitative estimate of drug-likeness (QED) is 0.683. The first-order valence-corrected chi connectivity index (χ1v) is 5.07. The minimum absolute atomic E-state index is 0.122. The Kier molecular flexibility index (Phi) is 4.17. The van der Waals surface area contributed by atoms with Crippen LogP contribution in [0.15, 0.2) is 18.2 Å². The maximum atomic E-state index is 11.7. The minimum Gasteiger partial charge on any atom is -0.480 e. The third kappa shape index (κ3) is 3.53. The Hall–Kier alpha value is -1.95. The molecule has 6 nitrogen and oxygen atoms in total. The number of hydrogen-bond acceptors (Lipinski definition) is 4. The Labute approximate surface area is 98.3 Å². The standard InChI is InChI=1S/C11H14N2O4/c1-6-4-3-5-8(12-6)10(15)13-9(7(2)14)11(16)17/h3-5,7,9,14H,1-2H3,(H,13,15)(H,16,17). The minimum atomic E-state index is -1.34. The number of nitrogens with one attached hydrogen (secondary N) is 1. The monoisotopic (exact) mass is 238 g/mol. The highest BCUT2D eigenvalue weighted by atomic mass is 16.4. The zero-order valence-corrected chi connectivity index (χ0v) is 9.54. The van der Waals surface area contributed by atoms with Gasteiger partial charge in [-0.1, -0.05) is 6.07 Å². The van der Waals surface area contributed by atoms with Gasteiger partial charge in [-0.25, -0.2) is 9.78 Å². The van der Waals surface area contributed by atoms with Crippen LogP contribution in [0.5, 0.6) is 0 Å². The molecule has 1 heterocycles. The number of aromatic nitrogens is 1. The van der Waals surface area contributed by atoms with E-state index in [9.17, 15) is 14.7 Å². The number of rotatable bonds is 4. The van der Waals surface area contributed by atoms with Crippen molar-refractivity contribution in [2.75, 3.05) is 0 Å². The molecule has 17 heavy (non-hydrogen) atoms. The number of hydrogen-bond donors (Lipinski definition) is 3. The molecule has 0 radical (unpaired) electrons. The first kappa shape index (κ1) is 13.1. The summed E-state index contributed by atoms with van der Waals surface area (Å²) in [6.07, 6.45) is -1.18. The number of carbonyl (C=O) groups is 2. The van der Waals surface area contributed by atoms with Crippen molar-refractivity contribution >= 4 is 11.9 Å². The lowest BCUT2D eigenvalue weighted by Crippen LogP contribution is -2.47. The molecule has 1 aromatic heterocycles. The molecule has 2 unspecified atom stereocenters. The van der Waals surface area contributed by atoms with Crippen molar-refractivity contribution in [1.29, 1.82) is 0 Å². The van der Waals surface area contributed by atoms with Gasteiger partial charge >= 0.3 is 5.97 Å². The van der Waals surface area contributed by atoms with Crippen molar-refractivity contribution in [2.24, 2.45) is 0 Å². The number of aryl methyl sites for hydroxylation is 1. The van der Waals surface area contributed by atoms with Crippen LogP contribution in [0.3, 0.4) is 0 Å². The van der Waals surface area contributed by atoms with Crippen molar-refractivity contribution in [3.63, 3.8) is 0 Å². The van der Waals surface area contributed by atoms with Gasteiger partial charge in [0.05, 0.1) is 6.10 Å². The molecule has 0 saturated heterocycles. The van der Waals surface area contributed by atoms with Crippen molar-refractivity contribution in [3.05, 3.63) is 29.6 Å². The van der Waals surface area contributed by atoms with Gasteiger partial charge in [0, 0.05) is 5.69 Å². The number of carboxylic acid groups (broad SMARTS) is 1. The van der Waals surface area contributed by atoms with Crippen LogP contribution < -0.4 is 5.32 Å². The summed E-state index contributed by atoms with van der Waals surface area (Å²) in [5, 5.41) is 20.2. The number of carboxylic acids is 1. The molecule has 0 aromatic carbocycles. The number of aliphatic hydroxyl groups excluding tert-OH is 1. The number of aliphatic carboxylic acids is 1. The van der Waals surface area contributed by atoms with Gasteiger partial charge < -0.3 is 15.5 Å². The molecule has 1 aromatic rings. The largest absolute Gasteiger partial charge is 0.480 e. The number of nitrogens with zero attached hydrogens (tertiary/aromatic N) is 1. The third-order valence-electron chi connectivity index (χ3n) is 2.16. The lowest BCUT2D eigenvalue weighted by atomic mass is 10.2. The maximum absolute atomic E-state index is 11.7. The van der Waals surface area contributed by atoms with Gasteiger partial charge in [0.1, 0.15) is 5.69 Å². The van der Waals surface area contributed by atoms with Crippen molar-refractivity contribution in [1.82, 2.24) is 10.3 Å². The van der Waals surface area contributed by atoms with Gasteiger partial charge in [0.2, 0.25) is 0 Å². The number of pyridine rings is 1. The van der Waals surface area contributed by atoms with E-state index in [2.05, 4.69) is 10.3 Å². The molecule has 1 amide bonds. The Balaban J connectivity index is 2.81. The topological polar surface area (TPSA) is 99.5 Å². The predicted molar refractivity (Wildman–Crippen MR) is 59.5 cm³/mol. The van der Waals surface area contributed by atoms with Crippen LogP contribution in [-0.4, -0.2) is 39.2 Å². The Bertz CT molecular complexity index is 431. The molecule has 0 saturated carbocycles. The van der Waals surface area contributed by atoms with Crippen LogP contribution in [-0.2, 0) is 4.79 Å². The van der Waals surface area contributed by atoms with Crippen LogP contribution in [0.1, 0.15) is 23.1 Å². The van der Waals surface area contributed by atoms with E-state index < -0.39 is 24.0 Å². The summed E-state index contributed by atoms with van der Waals surface area (Å²) < 4.78 is 0. The zero-order chi connectivity index (χ0) is 13.0. The molecule has 6 heteroatoms. The number of aliphatic hydroxyl groups is 1. The lowest BCUT2D eigenvalue weighted by Gasteiger charge is -2.16. The number of carbonyl (C=O) groups excluding carboxylic acids is 1. The van der Waals surface area contributed by atoms with E-state index >= 15 is 0 Å².